The third kappa shape index (κ3) is 3.92. The Bertz CT molecular complexity index is 393. The van der Waals surface area contributed by atoms with Crippen molar-refractivity contribution in [3.05, 3.63) is 23.8 Å². The number of carbonyl (C=O) groups is 1. The molecule has 1 aromatic carbocycles. The second-order valence-corrected chi connectivity index (χ2v) is 3.58. The second kappa shape index (κ2) is 7.55. The summed E-state index contributed by atoms with van der Waals surface area (Å²) in [6.07, 6.45) is 0.914. The van der Waals surface area contributed by atoms with Crippen LogP contribution in [-0.4, -0.2) is 26.2 Å². The Hall–Kier alpha value is -1.75. The molecule has 0 heterocycles. The molecule has 1 aromatic rings. The molecule has 0 atom stereocenters. The van der Waals surface area contributed by atoms with Crippen molar-refractivity contribution in [2.24, 2.45) is 0 Å². The fourth-order valence-corrected chi connectivity index (χ4v) is 1.40. The first-order valence-corrected chi connectivity index (χ1v) is 5.95. The summed E-state index contributed by atoms with van der Waals surface area (Å²) in [4.78, 5) is 16.2. The van der Waals surface area contributed by atoms with Crippen LogP contribution in [0.4, 0.5) is 0 Å². The molecule has 0 saturated carbocycles. The van der Waals surface area contributed by atoms with Crippen molar-refractivity contribution >= 4 is 5.91 Å². The number of hydroxylamine groups is 1. The van der Waals surface area contributed by atoms with Crippen molar-refractivity contribution in [3.63, 3.8) is 0 Å². The number of rotatable bonds is 7. The van der Waals surface area contributed by atoms with Crippen LogP contribution in [0.5, 0.6) is 11.5 Å². The standard InChI is InChI=1S/C13H19NO4/c1-4-8-18-11-7-6-10(13(15)14-16-3)9-12(11)17-5-2/h6-7,9H,4-5,8H2,1-3H3,(H,14,15). The Morgan fingerprint density at radius 1 is 1.22 bits per heavy atom. The van der Waals surface area contributed by atoms with Gasteiger partial charge in [0.25, 0.3) is 5.91 Å². The van der Waals surface area contributed by atoms with E-state index < -0.39 is 0 Å². The first-order chi connectivity index (χ1) is 8.72. The molecule has 0 bridgehead atoms. The van der Waals surface area contributed by atoms with Crippen molar-refractivity contribution < 1.29 is 19.1 Å². The van der Waals surface area contributed by atoms with Crippen molar-refractivity contribution in [3.8, 4) is 11.5 Å². The average Bonchev–Trinajstić information content (AvgIpc) is 2.38. The van der Waals surface area contributed by atoms with Crippen LogP contribution in [0.3, 0.4) is 0 Å². The summed E-state index contributed by atoms with van der Waals surface area (Å²) in [5, 5.41) is 0. The Morgan fingerprint density at radius 2 is 2.00 bits per heavy atom. The van der Waals surface area contributed by atoms with E-state index in [1.807, 2.05) is 13.8 Å². The highest BCUT2D eigenvalue weighted by atomic mass is 16.6. The molecule has 0 aliphatic heterocycles. The number of amides is 1. The van der Waals surface area contributed by atoms with Gasteiger partial charge in [0.15, 0.2) is 11.5 Å². The van der Waals surface area contributed by atoms with Gasteiger partial charge in [-0.3, -0.25) is 9.63 Å². The zero-order valence-electron chi connectivity index (χ0n) is 11.0. The third-order valence-corrected chi connectivity index (χ3v) is 2.16. The van der Waals surface area contributed by atoms with Crippen LogP contribution in [-0.2, 0) is 4.84 Å². The SMILES string of the molecule is CCCOc1ccc(C(=O)NOC)cc1OCC. The van der Waals surface area contributed by atoms with Gasteiger partial charge in [-0.25, -0.2) is 5.48 Å². The molecule has 0 aromatic heterocycles. The molecule has 0 aliphatic carbocycles. The van der Waals surface area contributed by atoms with E-state index in [9.17, 15) is 4.79 Å². The summed E-state index contributed by atoms with van der Waals surface area (Å²) < 4.78 is 11.0. The minimum Gasteiger partial charge on any atom is -0.490 e. The third-order valence-electron chi connectivity index (χ3n) is 2.16. The minimum absolute atomic E-state index is 0.319. The smallest absolute Gasteiger partial charge is 0.274 e. The highest BCUT2D eigenvalue weighted by molar-refractivity contribution is 5.94. The van der Waals surface area contributed by atoms with E-state index in [-0.39, 0.29) is 5.91 Å². The van der Waals surface area contributed by atoms with Crippen LogP contribution in [0.1, 0.15) is 30.6 Å². The molecule has 1 amide bonds. The van der Waals surface area contributed by atoms with E-state index in [4.69, 9.17) is 9.47 Å². The molecule has 0 fully saturated rings. The highest BCUT2D eigenvalue weighted by Gasteiger charge is 2.11. The first-order valence-electron chi connectivity index (χ1n) is 5.95. The zero-order chi connectivity index (χ0) is 13.4. The molecule has 1 N–H and O–H groups in total. The largest absolute Gasteiger partial charge is 0.490 e. The van der Waals surface area contributed by atoms with Crippen molar-refractivity contribution in [2.45, 2.75) is 20.3 Å². The topological polar surface area (TPSA) is 56.8 Å². The molecule has 0 spiro atoms. The van der Waals surface area contributed by atoms with Gasteiger partial charge in [-0.1, -0.05) is 6.92 Å². The minimum atomic E-state index is -0.319. The Balaban J connectivity index is 2.91. The van der Waals surface area contributed by atoms with Gasteiger partial charge in [0.05, 0.1) is 20.3 Å². The van der Waals surface area contributed by atoms with Gasteiger partial charge in [0.1, 0.15) is 0 Å². The summed E-state index contributed by atoms with van der Waals surface area (Å²) in [5.74, 6) is 0.892. The normalized spacial score (nSPS) is 9.94. The molecule has 5 heteroatoms. The zero-order valence-corrected chi connectivity index (χ0v) is 11.0. The molecule has 0 saturated heterocycles. The molecule has 0 aliphatic rings. The number of benzene rings is 1. The van der Waals surface area contributed by atoms with E-state index in [2.05, 4.69) is 10.3 Å². The van der Waals surface area contributed by atoms with Gasteiger partial charge in [-0.05, 0) is 31.5 Å². The van der Waals surface area contributed by atoms with Crippen LogP contribution in [0.2, 0.25) is 0 Å². The molecule has 1 rings (SSSR count). The molecule has 100 valence electrons. The van der Waals surface area contributed by atoms with Gasteiger partial charge < -0.3 is 9.47 Å². The number of carbonyl (C=O) groups excluding carboxylic acids is 1. The number of hydrogen-bond donors (Lipinski definition) is 1. The fourth-order valence-electron chi connectivity index (χ4n) is 1.40. The van der Waals surface area contributed by atoms with Crippen molar-refractivity contribution in [1.82, 2.24) is 5.48 Å². The lowest BCUT2D eigenvalue weighted by molar-refractivity contribution is 0.0537. The van der Waals surface area contributed by atoms with Crippen LogP contribution in [0.15, 0.2) is 18.2 Å². The maximum atomic E-state index is 11.6. The Morgan fingerprint density at radius 3 is 2.61 bits per heavy atom. The van der Waals surface area contributed by atoms with Crippen LogP contribution >= 0.6 is 0 Å². The fraction of sp³-hybridized carbons (Fsp3) is 0.462. The van der Waals surface area contributed by atoms with E-state index in [0.717, 1.165) is 6.42 Å². The second-order valence-electron chi connectivity index (χ2n) is 3.58. The summed E-state index contributed by atoms with van der Waals surface area (Å²) in [6.45, 7) is 5.04. The molecule has 18 heavy (non-hydrogen) atoms. The summed E-state index contributed by atoms with van der Waals surface area (Å²) in [7, 11) is 1.39. The van der Waals surface area contributed by atoms with Crippen molar-refractivity contribution in [1.29, 1.82) is 0 Å². The van der Waals surface area contributed by atoms with Crippen LogP contribution in [0, 0.1) is 0 Å². The average molecular weight is 253 g/mol. The monoisotopic (exact) mass is 253 g/mol. The van der Waals surface area contributed by atoms with E-state index in [1.54, 1.807) is 18.2 Å². The highest BCUT2D eigenvalue weighted by Crippen LogP contribution is 2.28. The van der Waals surface area contributed by atoms with Gasteiger partial charge in [-0.2, -0.15) is 0 Å². The molecule has 0 unspecified atom stereocenters. The summed E-state index contributed by atoms with van der Waals surface area (Å²) in [6, 6.07) is 5.04. The maximum Gasteiger partial charge on any atom is 0.274 e. The van der Waals surface area contributed by atoms with E-state index in [1.165, 1.54) is 7.11 Å². The van der Waals surface area contributed by atoms with Gasteiger partial charge >= 0.3 is 0 Å². The molecule has 5 nitrogen and oxygen atoms in total. The first kappa shape index (κ1) is 14.3. The lowest BCUT2D eigenvalue weighted by Crippen LogP contribution is -2.21. The molecule has 0 radical (unpaired) electrons. The number of ether oxygens (including phenoxy) is 2. The van der Waals surface area contributed by atoms with Crippen LogP contribution in [0.25, 0.3) is 0 Å². The number of nitrogens with one attached hydrogen (secondary N) is 1. The van der Waals surface area contributed by atoms with Crippen LogP contribution < -0.4 is 15.0 Å². The van der Waals surface area contributed by atoms with Crippen molar-refractivity contribution in [2.75, 3.05) is 20.3 Å². The predicted molar refractivity (Wildman–Crippen MR) is 67.9 cm³/mol. The lowest BCUT2D eigenvalue weighted by atomic mass is 10.2. The maximum absolute atomic E-state index is 11.6. The van der Waals surface area contributed by atoms with Gasteiger partial charge in [0.2, 0.25) is 0 Å². The van der Waals surface area contributed by atoms with Gasteiger partial charge in [0, 0.05) is 5.56 Å². The predicted octanol–water partition coefficient (Wildman–Crippen LogP) is 2.17. The Kier molecular flexibility index (Phi) is 6.00. The Labute approximate surface area is 107 Å². The lowest BCUT2D eigenvalue weighted by Gasteiger charge is -2.12. The summed E-state index contributed by atoms with van der Waals surface area (Å²) >= 11 is 0. The number of hydrogen-bond acceptors (Lipinski definition) is 4. The summed E-state index contributed by atoms with van der Waals surface area (Å²) in [5.41, 5.74) is 2.72. The van der Waals surface area contributed by atoms with Gasteiger partial charge in [-0.15, -0.1) is 0 Å². The molecular weight excluding hydrogens is 234 g/mol. The quantitative estimate of drug-likeness (QED) is 0.757. The van der Waals surface area contributed by atoms with E-state index >= 15 is 0 Å². The van der Waals surface area contributed by atoms with E-state index in [0.29, 0.717) is 30.3 Å². The molecular formula is C13H19NO4.